The average molecular weight is 319 g/mol. The molecule has 1 aliphatic carbocycles. The smallest absolute Gasteiger partial charge is 0.200 e. The van der Waals surface area contributed by atoms with E-state index in [0.29, 0.717) is 25.7 Å². The van der Waals surface area contributed by atoms with Gasteiger partial charge in [-0.3, -0.25) is 14.4 Å². The van der Waals surface area contributed by atoms with Gasteiger partial charge in [-0.2, -0.15) is 0 Å². The minimum absolute atomic E-state index is 0.00331. The Balaban J connectivity index is 2.18. The molecule has 6 heteroatoms. The third-order valence-corrected chi connectivity index (χ3v) is 5.29. The molecule has 5 nitrogen and oxygen atoms in total. The summed E-state index contributed by atoms with van der Waals surface area (Å²) in [5.41, 5.74) is -0.762. The third kappa shape index (κ3) is 3.68. The first-order valence-electron chi connectivity index (χ1n) is 8.46. The Labute approximate surface area is 139 Å². The number of rotatable bonds is 4. The van der Waals surface area contributed by atoms with Crippen LogP contribution in [0.25, 0.3) is 0 Å². The molecule has 1 amide bonds. The molecule has 1 saturated heterocycles. The normalized spacial score (nSPS) is 33.7. The van der Waals surface area contributed by atoms with Gasteiger partial charge >= 0.3 is 0 Å². The van der Waals surface area contributed by atoms with Crippen molar-refractivity contribution in [3.8, 4) is 0 Å². The van der Waals surface area contributed by atoms with E-state index in [2.05, 4.69) is 0 Å². The van der Waals surface area contributed by atoms with E-state index < -0.39 is 11.5 Å². The number of hydrogen-bond acceptors (Lipinski definition) is 4. The number of hydrogen-bond donors (Lipinski definition) is 0. The predicted octanol–water partition coefficient (Wildman–Crippen LogP) is 2.45. The molecule has 2 unspecified atom stereocenters. The summed E-state index contributed by atoms with van der Waals surface area (Å²) in [6.45, 7) is 7.25. The zero-order chi connectivity index (χ0) is 17.4. The molecule has 126 valence electrons. The number of carbonyl (C=O) groups excluding carboxylic acids is 3. The van der Waals surface area contributed by atoms with E-state index in [1.54, 1.807) is 11.8 Å². The van der Waals surface area contributed by atoms with Crippen LogP contribution in [-0.2, 0) is 14.3 Å². The molecule has 0 N–H and O–H groups in total. The zero-order valence-corrected chi connectivity index (χ0v) is 14.5. The van der Waals surface area contributed by atoms with Crippen molar-refractivity contribution < 1.29 is 19.1 Å². The zero-order valence-electron chi connectivity index (χ0n) is 14.5. The molecular weight excluding hydrogens is 293 g/mol. The van der Waals surface area contributed by atoms with E-state index in [-0.39, 0.29) is 35.5 Å². The highest BCUT2D eigenvalue weighted by atomic mass is 16.5. The Morgan fingerprint density at radius 2 is 2.04 bits per heavy atom. The van der Waals surface area contributed by atoms with Gasteiger partial charge in [0, 0.05) is 18.8 Å². The fourth-order valence-corrected chi connectivity index (χ4v) is 4.32. The number of amides is 1. The molecular formula is C17H26BNO4. The maximum Gasteiger partial charge on any atom is 0.200 e. The molecule has 2 aliphatic rings. The Kier molecular flexibility index (Phi) is 5.34. The van der Waals surface area contributed by atoms with Gasteiger partial charge in [-0.15, -0.1) is 0 Å². The first kappa shape index (κ1) is 18.2. The Morgan fingerprint density at radius 1 is 1.39 bits per heavy atom. The Hall–Kier alpha value is -1.17. The maximum atomic E-state index is 11.9. The lowest BCUT2D eigenvalue weighted by molar-refractivity contribution is -0.129. The monoisotopic (exact) mass is 319 g/mol. The molecule has 2 rings (SSSR count). The van der Waals surface area contributed by atoms with Crippen LogP contribution >= 0.6 is 0 Å². The van der Waals surface area contributed by atoms with E-state index >= 15 is 0 Å². The van der Waals surface area contributed by atoms with Crippen LogP contribution in [0.5, 0.6) is 0 Å². The van der Waals surface area contributed by atoms with Gasteiger partial charge in [-0.25, -0.2) is 0 Å². The molecule has 0 aromatic rings. The molecule has 0 aromatic carbocycles. The van der Waals surface area contributed by atoms with E-state index in [1.165, 1.54) is 0 Å². The molecule has 4 atom stereocenters. The van der Waals surface area contributed by atoms with Crippen LogP contribution in [0.3, 0.4) is 0 Å². The summed E-state index contributed by atoms with van der Waals surface area (Å²) in [5.74, 6) is -0.229. The standard InChI is InChI=1S/C17H26BNO4/c1-5-14-15(23-17(3,4)19(14)16(18)22)9-11-8-12(21)6-7-13(11)10(2)20/h11,13-15H,5-9H2,1-4H3/t11?,13?,14-,15+/m0/s1. The van der Waals surface area contributed by atoms with E-state index in [0.717, 1.165) is 6.42 Å². The SMILES string of the molecule is [B]C(=O)N1[C@@H](CC)[C@@H](CC2CC(=O)CCC2C(C)=O)OC1(C)C. The highest BCUT2D eigenvalue weighted by Crippen LogP contribution is 2.40. The van der Waals surface area contributed by atoms with Crippen LogP contribution in [-0.4, -0.2) is 48.0 Å². The number of Topliss-reactive ketones (excluding diaryl/α,β-unsaturated/α-hetero) is 2. The molecule has 1 heterocycles. The number of carbonyl (C=O) groups is 3. The van der Waals surface area contributed by atoms with E-state index in [1.807, 2.05) is 20.8 Å². The summed E-state index contributed by atoms with van der Waals surface area (Å²) in [7, 11) is 5.53. The van der Waals surface area contributed by atoms with Crippen molar-refractivity contribution in [3.05, 3.63) is 0 Å². The molecule has 23 heavy (non-hydrogen) atoms. The quantitative estimate of drug-likeness (QED) is 0.747. The van der Waals surface area contributed by atoms with Crippen molar-refractivity contribution in [2.24, 2.45) is 11.8 Å². The summed E-state index contributed by atoms with van der Waals surface area (Å²) >= 11 is 0. The van der Waals surface area contributed by atoms with Gasteiger partial charge in [-0.05, 0) is 46.0 Å². The van der Waals surface area contributed by atoms with Crippen LogP contribution in [0.4, 0.5) is 4.79 Å². The second kappa shape index (κ2) is 6.75. The Bertz CT molecular complexity index is 505. The lowest BCUT2D eigenvalue weighted by atomic mass is 9.73. The van der Waals surface area contributed by atoms with Gasteiger partial charge < -0.3 is 9.64 Å². The first-order valence-corrected chi connectivity index (χ1v) is 8.46. The van der Waals surface area contributed by atoms with Crippen LogP contribution < -0.4 is 0 Å². The fourth-order valence-electron chi connectivity index (χ4n) is 4.32. The Morgan fingerprint density at radius 3 is 2.57 bits per heavy atom. The lowest BCUT2D eigenvalue weighted by Crippen LogP contribution is -2.47. The molecule has 0 spiro atoms. The van der Waals surface area contributed by atoms with Crippen LogP contribution in [0.1, 0.15) is 59.8 Å². The van der Waals surface area contributed by atoms with Crippen molar-refractivity contribution in [1.82, 2.24) is 4.90 Å². The van der Waals surface area contributed by atoms with Crippen LogP contribution in [0.2, 0.25) is 0 Å². The van der Waals surface area contributed by atoms with Gasteiger partial charge in [0.05, 0.1) is 12.1 Å². The number of ether oxygens (including phenoxy) is 1. The van der Waals surface area contributed by atoms with Gasteiger partial charge in [0.15, 0.2) is 5.81 Å². The number of ketones is 2. The molecule has 1 saturated carbocycles. The molecule has 1 aliphatic heterocycles. The first-order chi connectivity index (χ1) is 10.7. The van der Waals surface area contributed by atoms with E-state index in [9.17, 15) is 14.4 Å². The highest BCUT2D eigenvalue weighted by molar-refractivity contribution is 6.57. The average Bonchev–Trinajstić information content (AvgIpc) is 2.68. The van der Waals surface area contributed by atoms with Crippen LogP contribution in [0, 0.1) is 11.8 Å². The van der Waals surface area contributed by atoms with Crippen LogP contribution in [0.15, 0.2) is 0 Å². The summed E-state index contributed by atoms with van der Waals surface area (Å²) in [5, 5.41) is 0. The lowest BCUT2D eigenvalue weighted by Gasteiger charge is -2.33. The summed E-state index contributed by atoms with van der Waals surface area (Å²) in [6.07, 6.45) is 2.69. The molecule has 2 fully saturated rings. The molecule has 0 aromatic heterocycles. The minimum atomic E-state index is -0.762. The predicted molar refractivity (Wildman–Crippen MR) is 87.2 cm³/mol. The van der Waals surface area contributed by atoms with E-state index in [4.69, 9.17) is 12.6 Å². The second-order valence-corrected chi connectivity index (χ2v) is 7.28. The minimum Gasteiger partial charge on any atom is -0.351 e. The largest absolute Gasteiger partial charge is 0.351 e. The van der Waals surface area contributed by atoms with Gasteiger partial charge in [-0.1, -0.05) is 6.92 Å². The topological polar surface area (TPSA) is 63.7 Å². The summed E-state index contributed by atoms with van der Waals surface area (Å²) < 4.78 is 6.09. The molecule has 0 bridgehead atoms. The third-order valence-electron chi connectivity index (χ3n) is 5.29. The molecule has 2 radical (unpaired) electrons. The van der Waals surface area contributed by atoms with Crippen molar-refractivity contribution >= 4 is 25.2 Å². The fraction of sp³-hybridized carbons (Fsp3) is 0.824. The van der Waals surface area contributed by atoms with Crippen molar-refractivity contribution in [1.29, 1.82) is 0 Å². The van der Waals surface area contributed by atoms with Gasteiger partial charge in [0.1, 0.15) is 17.3 Å². The van der Waals surface area contributed by atoms with Gasteiger partial charge in [0.2, 0.25) is 7.85 Å². The maximum absolute atomic E-state index is 11.9. The van der Waals surface area contributed by atoms with Crippen molar-refractivity contribution in [2.45, 2.75) is 77.7 Å². The second-order valence-electron chi connectivity index (χ2n) is 7.28. The number of nitrogens with zero attached hydrogens (tertiary/aromatic N) is 1. The van der Waals surface area contributed by atoms with Crippen molar-refractivity contribution in [2.75, 3.05) is 0 Å². The summed E-state index contributed by atoms with van der Waals surface area (Å²) in [4.78, 5) is 37.1. The highest BCUT2D eigenvalue weighted by Gasteiger charge is 2.48. The summed E-state index contributed by atoms with van der Waals surface area (Å²) in [6, 6.07) is -0.118. The van der Waals surface area contributed by atoms with Crippen molar-refractivity contribution in [3.63, 3.8) is 0 Å². The van der Waals surface area contributed by atoms with Gasteiger partial charge in [0.25, 0.3) is 0 Å².